The van der Waals surface area contributed by atoms with Gasteiger partial charge in [0.2, 0.25) is 11.8 Å². The highest BCUT2D eigenvalue weighted by atomic mass is 16.2. The number of anilines is 2. The number of hydrogen-bond acceptors (Lipinski definition) is 4. The number of carbonyl (C=O) groups excluding carboxylic acids is 4. The predicted octanol–water partition coefficient (Wildman–Crippen LogP) is 2.67. The van der Waals surface area contributed by atoms with Crippen molar-refractivity contribution in [3.05, 3.63) is 59.7 Å². The van der Waals surface area contributed by atoms with Crippen LogP contribution < -0.4 is 10.6 Å². The van der Waals surface area contributed by atoms with E-state index in [0.717, 1.165) is 12.6 Å². The lowest BCUT2D eigenvalue weighted by Crippen LogP contribution is -2.17. The molecular weight excluding hydrogens is 308 g/mol. The summed E-state index contributed by atoms with van der Waals surface area (Å²) in [4.78, 5) is 44.7. The number of nitrogens with one attached hydrogen (secondary N) is 2. The minimum Gasteiger partial charge on any atom is -0.326 e. The summed E-state index contributed by atoms with van der Waals surface area (Å²) >= 11 is 0. The Morgan fingerprint density at radius 1 is 0.667 bits per heavy atom. The average Bonchev–Trinajstić information content (AvgIpc) is 2.61. The fourth-order valence-corrected chi connectivity index (χ4v) is 1.96. The van der Waals surface area contributed by atoms with Crippen molar-refractivity contribution in [2.24, 2.45) is 0 Å². The van der Waals surface area contributed by atoms with Gasteiger partial charge in [-0.05, 0) is 48.5 Å². The van der Waals surface area contributed by atoms with E-state index < -0.39 is 0 Å². The van der Waals surface area contributed by atoms with Crippen LogP contribution in [0, 0.1) is 0 Å². The van der Waals surface area contributed by atoms with Crippen LogP contribution >= 0.6 is 0 Å². The molecule has 0 spiro atoms. The lowest BCUT2D eigenvalue weighted by atomic mass is 10.2. The highest BCUT2D eigenvalue weighted by molar-refractivity contribution is 5.97. The molecule has 0 aliphatic carbocycles. The topological polar surface area (TPSA) is 92.3 Å². The molecule has 0 fully saturated rings. The second kappa shape index (κ2) is 8.38. The summed E-state index contributed by atoms with van der Waals surface area (Å²) in [7, 11) is 0. The molecule has 0 radical (unpaired) electrons. The third-order valence-electron chi connectivity index (χ3n) is 3.24. The minimum atomic E-state index is -0.291. The summed E-state index contributed by atoms with van der Waals surface area (Å²) in [5, 5.41) is 5.31. The van der Waals surface area contributed by atoms with Crippen LogP contribution in [0.15, 0.2) is 48.5 Å². The molecule has 0 aliphatic heterocycles. The Morgan fingerprint density at radius 3 is 1.29 bits per heavy atom. The van der Waals surface area contributed by atoms with Crippen LogP contribution in [-0.4, -0.2) is 24.4 Å². The Hall–Kier alpha value is -3.28. The van der Waals surface area contributed by atoms with Gasteiger partial charge in [0.25, 0.3) is 0 Å². The molecule has 0 saturated carbocycles. The number of hydrogen-bond donors (Lipinski definition) is 2. The molecule has 0 heterocycles. The monoisotopic (exact) mass is 324 g/mol. The average molecular weight is 324 g/mol. The maximum atomic E-state index is 11.8. The molecule has 0 saturated heterocycles. The van der Waals surface area contributed by atoms with Crippen LogP contribution in [0.1, 0.15) is 33.6 Å². The largest absolute Gasteiger partial charge is 0.326 e. The van der Waals surface area contributed by atoms with Crippen LogP contribution in [0.5, 0.6) is 0 Å². The van der Waals surface area contributed by atoms with E-state index in [2.05, 4.69) is 10.6 Å². The summed E-state index contributed by atoms with van der Waals surface area (Å²) in [5.74, 6) is -0.583. The molecule has 2 amide bonds. The molecule has 6 nitrogen and oxygen atoms in total. The van der Waals surface area contributed by atoms with Crippen molar-refractivity contribution >= 4 is 35.8 Å². The maximum Gasteiger partial charge on any atom is 0.224 e. The van der Waals surface area contributed by atoms with E-state index >= 15 is 0 Å². The summed E-state index contributed by atoms with van der Waals surface area (Å²) < 4.78 is 0. The van der Waals surface area contributed by atoms with E-state index in [-0.39, 0.29) is 24.7 Å². The van der Waals surface area contributed by atoms with Gasteiger partial charge < -0.3 is 10.6 Å². The van der Waals surface area contributed by atoms with Gasteiger partial charge in [0.05, 0.1) is 0 Å². The zero-order valence-electron chi connectivity index (χ0n) is 12.8. The fraction of sp³-hybridized carbons (Fsp3) is 0.111. The van der Waals surface area contributed by atoms with Crippen molar-refractivity contribution in [2.75, 3.05) is 10.6 Å². The number of carbonyl (C=O) groups is 4. The van der Waals surface area contributed by atoms with Crippen molar-refractivity contribution in [2.45, 2.75) is 12.8 Å². The summed E-state index contributed by atoms with van der Waals surface area (Å²) in [6, 6.07) is 12.9. The molecule has 0 atom stereocenters. The minimum absolute atomic E-state index is 0.0354. The van der Waals surface area contributed by atoms with Gasteiger partial charge in [-0.25, -0.2) is 0 Å². The van der Waals surface area contributed by atoms with Gasteiger partial charge in [0.15, 0.2) is 0 Å². The fourth-order valence-electron chi connectivity index (χ4n) is 1.96. The number of benzene rings is 2. The number of rotatable bonds is 7. The lowest BCUT2D eigenvalue weighted by Gasteiger charge is -2.07. The van der Waals surface area contributed by atoms with Crippen LogP contribution in [-0.2, 0) is 9.59 Å². The highest BCUT2D eigenvalue weighted by Gasteiger charge is 2.08. The van der Waals surface area contributed by atoms with Crippen molar-refractivity contribution in [1.82, 2.24) is 0 Å². The molecule has 0 unspecified atom stereocenters. The Morgan fingerprint density at radius 2 is 1.00 bits per heavy atom. The Balaban J connectivity index is 1.78. The molecule has 2 aromatic rings. The molecular formula is C18H16N2O4. The molecule has 2 N–H and O–H groups in total. The predicted molar refractivity (Wildman–Crippen MR) is 90.2 cm³/mol. The van der Waals surface area contributed by atoms with E-state index in [1.54, 1.807) is 48.5 Å². The summed E-state index contributed by atoms with van der Waals surface area (Å²) in [5.41, 5.74) is 2.17. The van der Waals surface area contributed by atoms with Crippen LogP contribution in [0.4, 0.5) is 11.4 Å². The Kier molecular flexibility index (Phi) is 5.96. The van der Waals surface area contributed by atoms with E-state index in [0.29, 0.717) is 22.5 Å². The molecule has 6 heteroatoms. The maximum absolute atomic E-state index is 11.8. The van der Waals surface area contributed by atoms with Crippen LogP contribution in [0.25, 0.3) is 0 Å². The first-order valence-corrected chi connectivity index (χ1v) is 7.31. The first-order chi connectivity index (χ1) is 11.6. The van der Waals surface area contributed by atoms with Crippen molar-refractivity contribution in [3.8, 4) is 0 Å². The third-order valence-corrected chi connectivity index (χ3v) is 3.24. The van der Waals surface area contributed by atoms with E-state index in [9.17, 15) is 19.2 Å². The standard InChI is InChI=1S/C18H16N2O4/c21-11-13-1-5-15(6-2-13)19-17(23)9-10-18(24)20-16-7-3-14(12-22)4-8-16/h1-8,11-12H,9-10H2,(H,19,23)(H,20,24). The number of aldehydes is 2. The van der Waals surface area contributed by atoms with E-state index in [1.807, 2.05) is 0 Å². The second-order valence-electron chi connectivity index (χ2n) is 5.08. The number of amides is 2. The molecule has 0 aromatic heterocycles. The van der Waals surface area contributed by atoms with Crippen molar-refractivity contribution in [3.63, 3.8) is 0 Å². The van der Waals surface area contributed by atoms with Gasteiger partial charge in [0, 0.05) is 35.3 Å². The van der Waals surface area contributed by atoms with Crippen LogP contribution in [0.3, 0.4) is 0 Å². The highest BCUT2D eigenvalue weighted by Crippen LogP contribution is 2.11. The first-order valence-electron chi connectivity index (χ1n) is 7.31. The van der Waals surface area contributed by atoms with Crippen molar-refractivity contribution < 1.29 is 19.2 Å². The van der Waals surface area contributed by atoms with Gasteiger partial charge in [-0.3, -0.25) is 19.2 Å². The lowest BCUT2D eigenvalue weighted by molar-refractivity contribution is -0.121. The van der Waals surface area contributed by atoms with Gasteiger partial charge in [-0.1, -0.05) is 0 Å². The second-order valence-corrected chi connectivity index (χ2v) is 5.08. The Bertz CT molecular complexity index is 671. The smallest absolute Gasteiger partial charge is 0.224 e. The normalized spacial score (nSPS) is 9.83. The van der Waals surface area contributed by atoms with Crippen LogP contribution in [0.2, 0.25) is 0 Å². The van der Waals surface area contributed by atoms with E-state index in [4.69, 9.17) is 0 Å². The summed E-state index contributed by atoms with van der Waals surface area (Å²) in [6.07, 6.45) is 1.51. The molecule has 122 valence electrons. The zero-order chi connectivity index (χ0) is 17.4. The van der Waals surface area contributed by atoms with Crippen molar-refractivity contribution in [1.29, 1.82) is 0 Å². The third kappa shape index (κ3) is 5.17. The quantitative estimate of drug-likeness (QED) is 0.766. The molecule has 0 aliphatic rings. The zero-order valence-corrected chi connectivity index (χ0v) is 12.8. The SMILES string of the molecule is O=Cc1ccc(NC(=O)CCC(=O)Nc2ccc(C=O)cc2)cc1. The van der Waals surface area contributed by atoms with Gasteiger partial charge in [0.1, 0.15) is 12.6 Å². The first kappa shape index (κ1) is 17.1. The molecule has 24 heavy (non-hydrogen) atoms. The van der Waals surface area contributed by atoms with E-state index in [1.165, 1.54) is 0 Å². The van der Waals surface area contributed by atoms with Gasteiger partial charge >= 0.3 is 0 Å². The Labute approximate surface area is 138 Å². The molecule has 2 aromatic carbocycles. The molecule has 2 rings (SSSR count). The van der Waals surface area contributed by atoms with Gasteiger partial charge in [-0.2, -0.15) is 0 Å². The van der Waals surface area contributed by atoms with Gasteiger partial charge in [-0.15, -0.1) is 0 Å². The summed E-state index contributed by atoms with van der Waals surface area (Å²) in [6.45, 7) is 0. The molecule has 0 bridgehead atoms.